The topological polar surface area (TPSA) is 77.8 Å². The molecule has 0 saturated heterocycles. The van der Waals surface area contributed by atoms with Crippen LogP contribution in [0.4, 0.5) is 5.69 Å². The number of rotatable bonds is 5. The van der Waals surface area contributed by atoms with Crippen molar-refractivity contribution in [3.05, 3.63) is 88.3 Å². The van der Waals surface area contributed by atoms with Gasteiger partial charge in [-0.25, -0.2) is 4.79 Å². The number of benzene rings is 3. The van der Waals surface area contributed by atoms with E-state index in [1.165, 1.54) is 14.2 Å². The van der Waals surface area contributed by atoms with Gasteiger partial charge in [-0.1, -0.05) is 24.3 Å². The second-order valence-electron chi connectivity index (χ2n) is 7.04. The van der Waals surface area contributed by atoms with Gasteiger partial charge < -0.3 is 19.2 Å². The SMILES string of the molecule is COc1ccc(C(=O)Nc2ccc(-c3cc4ccccc4oc3=O)c(C)c2)cc1OC. The number of fused-ring (bicyclic) bond motifs is 1. The van der Waals surface area contributed by atoms with Crippen LogP contribution in [0.25, 0.3) is 22.1 Å². The molecule has 1 amide bonds. The van der Waals surface area contributed by atoms with E-state index in [0.717, 1.165) is 16.5 Å². The van der Waals surface area contributed by atoms with Crippen LogP contribution in [-0.4, -0.2) is 20.1 Å². The third kappa shape index (κ3) is 4.00. The summed E-state index contributed by atoms with van der Waals surface area (Å²) in [4.78, 5) is 25.2. The lowest BCUT2D eigenvalue weighted by atomic mass is 10.0. The van der Waals surface area contributed by atoms with Gasteiger partial charge in [0.1, 0.15) is 5.58 Å². The van der Waals surface area contributed by atoms with E-state index in [9.17, 15) is 9.59 Å². The molecule has 31 heavy (non-hydrogen) atoms. The van der Waals surface area contributed by atoms with Gasteiger partial charge in [0.15, 0.2) is 11.5 Å². The Morgan fingerprint density at radius 2 is 1.65 bits per heavy atom. The van der Waals surface area contributed by atoms with E-state index in [1.54, 1.807) is 36.4 Å². The highest BCUT2D eigenvalue weighted by atomic mass is 16.5. The summed E-state index contributed by atoms with van der Waals surface area (Å²) in [6.45, 7) is 1.88. The number of nitrogens with one attached hydrogen (secondary N) is 1. The van der Waals surface area contributed by atoms with E-state index < -0.39 is 5.63 Å². The molecule has 0 fully saturated rings. The van der Waals surface area contributed by atoms with Crippen LogP contribution >= 0.6 is 0 Å². The van der Waals surface area contributed by atoms with Crippen LogP contribution in [-0.2, 0) is 0 Å². The standard InChI is InChI=1S/C25H21NO5/c1-15-12-18(26-24(27)17-8-11-22(29-2)23(14-17)30-3)9-10-19(15)20-13-16-6-4-5-7-21(16)31-25(20)28/h4-14H,1-3H3,(H,26,27). The number of anilines is 1. The van der Waals surface area contributed by atoms with Crippen molar-refractivity contribution in [2.45, 2.75) is 6.92 Å². The zero-order chi connectivity index (χ0) is 22.0. The molecule has 6 heteroatoms. The third-order valence-corrected chi connectivity index (χ3v) is 5.06. The molecule has 1 heterocycles. The Labute approximate surface area is 179 Å². The van der Waals surface area contributed by atoms with Gasteiger partial charge in [0.05, 0.1) is 19.8 Å². The van der Waals surface area contributed by atoms with Crippen LogP contribution in [0, 0.1) is 6.92 Å². The summed E-state index contributed by atoms with van der Waals surface area (Å²) in [7, 11) is 3.06. The molecule has 0 bridgehead atoms. The van der Waals surface area contributed by atoms with Crippen molar-refractivity contribution < 1.29 is 18.7 Å². The fourth-order valence-corrected chi connectivity index (χ4v) is 3.47. The monoisotopic (exact) mass is 415 g/mol. The molecule has 156 valence electrons. The Morgan fingerprint density at radius 3 is 2.39 bits per heavy atom. The molecule has 1 N–H and O–H groups in total. The summed E-state index contributed by atoms with van der Waals surface area (Å²) in [5.74, 6) is 0.747. The minimum atomic E-state index is -0.399. The lowest BCUT2D eigenvalue weighted by Gasteiger charge is -2.12. The van der Waals surface area contributed by atoms with Gasteiger partial charge in [0.25, 0.3) is 5.91 Å². The summed E-state index contributed by atoms with van der Waals surface area (Å²) >= 11 is 0. The van der Waals surface area contributed by atoms with Crippen LogP contribution in [0.2, 0.25) is 0 Å². The summed E-state index contributed by atoms with van der Waals surface area (Å²) in [5, 5.41) is 3.72. The predicted molar refractivity (Wildman–Crippen MR) is 120 cm³/mol. The maximum Gasteiger partial charge on any atom is 0.344 e. The molecule has 0 aliphatic carbocycles. The highest BCUT2D eigenvalue weighted by Crippen LogP contribution is 2.29. The second-order valence-corrected chi connectivity index (χ2v) is 7.04. The molecule has 4 rings (SSSR count). The van der Waals surface area contributed by atoms with Crippen LogP contribution < -0.4 is 20.4 Å². The number of amides is 1. The zero-order valence-electron chi connectivity index (χ0n) is 17.4. The first-order chi connectivity index (χ1) is 15.0. The number of aryl methyl sites for hydroxylation is 1. The van der Waals surface area contributed by atoms with Crippen LogP contribution in [0.15, 0.2) is 75.9 Å². The molecule has 0 radical (unpaired) electrons. The highest BCUT2D eigenvalue weighted by Gasteiger charge is 2.14. The second kappa shape index (κ2) is 8.36. The van der Waals surface area contributed by atoms with Gasteiger partial charge >= 0.3 is 5.63 Å². The molecule has 0 atom stereocenters. The fourth-order valence-electron chi connectivity index (χ4n) is 3.47. The Morgan fingerprint density at radius 1 is 0.871 bits per heavy atom. The number of para-hydroxylation sites is 1. The maximum atomic E-state index is 12.7. The molecule has 1 aromatic heterocycles. The quantitative estimate of drug-likeness (QED) is 0.462. The van der Waals surface area contributed by atoms with E-state index in [2.05, 4.69) is 5.32 Å². The Hall–Kier alpha value is -4.06. The first-order valence-corrected chi connectivity index (χ1v) is 9.67. The summed E-state index contributed by atoms with van der Waals surface area (Å²) < 4.78 is 15.9. The van der Waals surface area contributed by atoms with Gasteiger partial charge in [0.2, 0.25) is 0 Å². The van der Waals surface area contributed by atoms with Gasteiger partial charge in [-0.3, -0.25) is 4.79 Å². The lowest BCUT2D eigenvalue weighted by molar-refractivity contribution is 0.102. The molecule has 0 aliphatic heterocycles. The van der Waals surface area contributed by atoms with Gasteiger partial charge in [-0.15, -0.1) is 0 Å². The minimum absolute atomic E-state index is 0.279. The normalized spacial score (nSPS) is 10.7. The largest absolute Gasteiger partial charge is 0.493 e. The summed E-state index contributed by atoms with van der Waals surface area (Å²) in [6, 6.07) is 19.6. The number of hydrogen-bond donors (Lipinski definition) is 1. The van der Waals surface area contributed by atoms with Crippen LogP contribution in [0.1, 0.15) is 15.9 Å². The lowest BCUT2D eigenvalue weighted by Crippen LogP contribution is -2.12. The number of hydrogen-bond acceptors (Lipinski definition) is 5. The first kappa shape index (κ1) is 20.2. The van der Waals surface area contributed by atoms with E-state index >= 15 is 0 Å². The third-order valence-electron chi connectivity index (χ3n) is 5.06. The van der Waals surface area contributed by atoms with Crippen molar-refractivity contribution in [3.8, 4) is 22.6 Å². The maximum absolute atomic E-state index is 12.7. The number of methoxy groups -OCH3 is 2. The number of carbonyl (C=O) groups is 1. The van der Waals surface area contributed by atoms with Crippen LogP contribution in [0.5, 0.6) is 11.5 Å². The van der Waals surface area contributed by atoms with Gasteiger partial charge in [-0.05, 0) is 60.5 Å². The molecular weight excluding hydrogens is 394 g/mol. The van der Waals surface area contributed by atoms with E-state index in [0.29, 0.717) is 33.9 Å². The molecule has 4 aromatic rings. The molecule has 3 aromatic carbocycles. The van der Waals surface area contributed by atoms with Crippen molar-refractivity contribution in [1.82, 2.24) is 0 Å². The Bertz CT molecular complexity index is 1340. The Kier molecular flexibility index (Phi) is 5.45. The minimum Gasteiger partial charge on any atom is -0.493 e. The molecule has 6 nitrogen and oxygen atoms in total. The molecular formula is C25H21NO5. The van der Waals surface area contributed by atoms with E-state index in [4.69, 9.17) is 13.9 Å². The van der Waals surface area contributed by atoms with Crippen molar-refractivity contribution in [2.24, 2.45) is 0 Å². The van der Waals surface area contributed by atoms with Crippen LogP contribution in [0.3, 0.4) is 0 Å². The average molecular weight is 415 g/mol. The van der Waals surface area contributed by atoms with Gasteiger partial charge in [-0.2, -0.15) is 0 Å². The van der Waals surface area contributed by atoms with E-state index in [-0.39, 0.29) is 5.91 Å². The number of ether oxygens (including phenoxy) is 2. The molecule has 0 saturated carbocycles. The van der Waals surface area contributed by atoms with Gasteiger partial charge in [0, 0.05) is 16.6 Å². The first-order valence-electron chi connectivity index (χ1n) is 9.67. The zero-order valence-corrected chi connectivity index (χ0v) is 17.4. The summed E-state index contributed by atoms with van der Waals surface area (Å²) in [6.07, 6.45) is 0. The van der Waals surface area contributed by atoms with Crippen molar-refractivity contribution >= 4 is 22.6 Å². The smallest absolute Gasteiger partial charge is 0.344 e. The Balaban J connectivity index is 1.62. The number of carbonyl (C=O) groups excluding carboxylic acids is 1. The average Bonchev–Trinajstić information content (AvgIpc) is 2.78. The van der Waals surface area contributed by atoms with Crippen molar-refractivity contribution in [1.29, 1.82) is 0 Å². The molecule has 0 aliphatic rings. The summed E-state index contributed by atoms with van der Waals surface area (Å²) in [5.41, 5.74) is 3.28. The van der Waals surface area contributed by atoms with Crippen molar-refractivity contribution in [3.63, 3.8) is 0 Å². The highest BCUT2D eigenvalue weighted by molar-refractivity contribution is 6.04. The van der Waals surface area contributed by atoms with E-state index in [1.807, 2.05) is 37.3 Å². The predicted octanol–water partition coefficient (Wildman–Crippen LogP) is 5.04. The molecule has 0 spiro atoms. The molecule has 0 unspecified atom stereocenters. The fraction of sp³-hybridized carbons (Fsp3) is 0.120. The van der Waals surface area contributed by atoms with Crippen molar-refractivity contribution in [2.75, 3.05) is 19.5 Å².